The second-order valence-corrected chi connectivity index (χ2v) is 5.22. The monoisotopic (exact) mass is 438 g/mol. The average molecular weight is 438 g/mol. The van der Waals surface area contributed by atoms with Crippen molar-refractivity contribution in [3.8, 4) is 0 Å². The Morgan fingerprint density at radius 2 is 2.17 bits per heavy atom. The van der Waals surface area contributed by atoms with E-state index >= 15 is 0 Å². The third-order valence-electron chi connectivity index (χ3n) is 3.35. The van der Waals surface area contributed by atoms with Crippen molar-refractivity contribution in [3.05, 3.63) is 18.0 Å². The number of hydrogen-bond donors (Lipinski definition) is 2. The molecule has 1 heterocycles. The Kier molecular flexibility index (Phi) is 13.0. The van der Waals surface area contributed by atoms with E-state index in [2.05, 4.69) is 39.6 Å². The minimum atomic E-state index is 0. The summed E-state index contributed by atoms with van der Waals surface area (Å²) in [6.07, 6.45) is 2.86. The molecule has 0 amide bonds. The SMILES string of the molecule is CCNC(=NCc1ccnn1C)NCCCN(C)CCOC.I. The van der Waals surface area contributed by atoms with Crippen LogP contribution in [0.2, 0.25) is 0 Å². The number of guanidine groups is 1. The maximum Gasteiger partial charge on any atom is 0.191 e. The highest BCUT2D eigenvalue weighted by molar-refractivity contribution is 14.0. The molecule has 0 spiro atoms. The van der Waals surface area contributed by atoms with Gasteiger partial charge < -0.3 is 20.3 Å². The van der Waals surface area contributed by atoms with Crippen LogP contribution in [0.1, 0.15) is 19.0 Å². The Morgan fingerprint density at radius 3 is 2.78 bits per heavy atom. The quantitative estimate of drug-likeness (QED) is 0.248. The van der Waals surface area contributed by atoms with Crippen LogP contribution in [0, 0.1) is 0 Å². The molecular weight excluding hydrogens is 407 g/mol. The van der Waals surface area contributed by atoms with Gasteiger partial charge in [-0.05, 0) is 33.0 Å². The lowest BCUT2D eigenvalue weighted by atomic mass is 10.4. The zero-order valence-electron chi connectivity index (χ0n) is 14.7. The summed E-state index contributed by atoms with van der Waals surface area (Å²) in [5, 5.41) is 10.8. The Bertz CT molecular complexity index is 437. The van der Waals surface area contributed by atoms with Gasteiger partial charge in [0.15, 0.2) is 5.96 Å². The smallest absolute Gasteiger partial charge is 0.191 e. The molecule has 0 aliphatic heterocycles. The van der Waals surface area contributed by atoms with E-state index < -0.39 is 0 Å². The van der Waals surface area contributed by atoms with Crippen molar-refractivity contribution >= 4 is 29.9 Å². The fourth-order valence-electron chi connectivity index (χ4n) is 1.97. The van der Waals surface area contributed by atoms with E-state index in [9.17, 15) is 0 Å². The Hall–Kier alpha value is -0.870. The van der Waals surface area contributed by atoms with Crippen LogP contribution in [0.4, 0.5) is 0 Å². The molecule has 7 nitrogen and oxygen atoms in total. The van der Waals surface area contributed by atoms with Crippen molar-refractivity contribution in [2.24, 2.45) is 12.0 Å². The maximum absolute atomic E-state index is 5.07. The Morgan fingerprint density at radius 1 is 1.39 bits per heavy atom. The minimum Gasteiger partial charge on any atom is -0.383 e. The predicted octanol–water partition coefficient (Wildman–Crippen LogP) is 1.06. The normalized spacial score (nSPS) is 11.4. The van der Waals surface area contributed by atoms with Gasteiger partial charge in [0.05, 0.1) is 18.8 Å². The van der Waals surface area contributed by atoms with Crippen LogP contribution in [0.25, 0.3) is 0 Å². The van der Waals surface area contributed by atoms with Crippen LogP contribution in [0.5, 0.6) is 0 Å². The summed E-state index contributed by atoms with van der Waals surface area (Å²) in [5.41, 5.74) is 1.09. The molecule has 0 aliphatic rings. The molecule has 134 valence electrons. The summed E-state index contributed by atoms with van der Waals surface area (Å²) in [5.74, 6) is 0.850. The lowest BCUT2D eigenvalue weighted by Gasteiger charge is -2.16. The van der Waals surface area contributed by atoms with Crippen LogP contribution in [-0.4, -0.2) is 67.6 Å². The van der Waals surface area contributed by atoms with Crippen molar-refractivity contribution in [3.63, 3.8) is 0 Å². The number of nitrogens with one attached hydrogen (secondary N) is 2. The molecule has 1 rings (SSSR count). The van der Waals surface area contributed by atoms with E-state index in [-0.39, 0.29) is 24.0 Å². The number of halogens is 1. The lowest BCUT2D eigenvalue weighted by molar-refractivity contribution is 0.161. The number of methoxy groups -OCH3 is 1. The molecule has 8 heteroatoms. The van der Waals surface area contributed by atoms with Crippen LogP contribution in [0.3, 0.4) is 0 Å². The molecule has 1 aromatic rings. The third-order valence-corrected chi connectivity index (χ3v) is 3.35. The van der Waals surface area contributed by atoms with E-state index in [0.29, 0.717) is 6.54 Å². The average Bonchev–Trinajstić information content (AvgIpc) is 2.92. The molecule has 23 heavy (non-hydrogen) atoms. The van der Waals surface area contributed by atoms with Gasteiger partial charge in [-0.25, -0.2) is 4.99 Å². The number of nitrogens with zero attached hydrogens (tertiary/aromatic N) is 4. The molecule has 0 bridgehead atoms. The first-order chi connectivity index (χ1) is 10.7. The third kappa shape index (κ3) is 9.77. The van der Waals surface area contributed by atoms with Crippen molar-refractivity contribution < 1.29 is 4.74 Å². The number of hydrogen-bond acceptors (Lipinski definition) is 4. The van der Waals surface area contributed by atoms with Crippen LogP contribution < -0.4 is 10.6 Å². The first-order valence-electron chi connectivity index (χ1n) is 7.84. The molecule has 2 N–H and O–H groups in total. The van der Waals surface area contributed by atoms with E-state index in [4.69, 9.17) is 4.74 Å². The highest BCUT2D eigenvalue weighted by Crippen LogP contribution is 1.98. The van der Waals surface area contributed by atoms with E-state index in [1.165, 1.54) is 0 Å². The molecule has 0 aromatic carbocycles. The second-order valence-electron chi connectivity index (χ2n) is 5.22. The zero-order valence-corrected chi connectivity index (χ0v) is 17.0. The number of ether oxygens (including phenoxy) is 1. The summed E-state index contributed by atoms with van der Waals surface area (Å²) < 4.78 is 6.92. The lowest BCUT2D eigenvalue weighted by Crippen LogP contribution is -2.38. The highest BCUT2D eigenvalue weighted by Gasteiger charge is 2.01. The first kappa shape index (κ1) is 22.1. The van der Waals surface area contributed by atoms with Gasteiger partial charge in [-0.15, -0.1) is 24.0 Å². The topological polar surface area (TPSA) is 66.7 Å². The van der Waals surface area contributed by atoms with Crippen LogP contribution in [0.15, 0.2) is 17.3 Å². The molecule has 0 radical (unpaired) electrons. The highest BCUT2D eigenvalue weighted by atomic mass is 127. The van der Waals surface area contributed by atoms with Gasteiger partial charge in [-0.3, -0.25) is 4.68 Å². The minimum absolute atomic E-state index is 0. The van der Waals surface area contributed by atoms with E-state index in [0.717, 1.165) is 50.9 Å². The second kappa shape index (κ2) is 13.6. The van der Waals surface area contributed by atoms with Crippen molar-refractivity contribution in [1.29, 1.82) is 0 Å². The summed E-state index contributed by atoms with van der Waals surface area (Å²) in [6, 6.07) is 1.98. The van der Waals surface area contributed by atoms with E-state index in [1.807, 2.05) is 17.8 Å². The number of rotatable bonds is 10. The molecule has 0 unspecified atom stereocenters. The van der Waals surface area contributed by atoms with Gasteiger partial charge in [0, 0.05) is 40.0 Å². The van der Waals surface area contributed by atoms with Gasteiger partial charge in [0.25, 0.3) is 0 Å². The zero-order chi connectivity index (χ0) is 16.2. The summed E-state index contributed by atoms with van der Waals surface area (Å²) in [6.45, 7) is 7.22. The predicted molar refractivity (Wildman–Crippen MR) is 105 cm³/mol. The maximum atomic E-state index is 5.07. The molecule has 0 saturated carbocycles. The number of aromatic nitrogens is 2. The molecular formula is C15H31IN6O. The fourth-order valence-corrected chi connectivity index (χ4v) is 1.97. The fraction of sp³-hybridized carbons (Fsp3) is 0.733. The van der Waals surface area contributed by atoms with Gasteiger partial charge in [0.1, 0.15) is 0 Å². The van der Waals surface area contributed by atoms with Crippen molar-refractivity contribution in [2.45, 2.75) is 19.9 Å². The molecule has 0 aliphatic carbocycles. The van der Waals surface area contributed by atoms with Crippen molar-refractivity contribution in [2.75, 3.05) is 46.9 Å². The summed E-state index contributed by atoms with van der Waals surface area (Å²) in [4.78, 5) is 6.85. The Balaban J connectivity index is 0.00000484. The standard InChI is InChI=1S/C15H30N6O.HI/c1-5-16-15(18-13-14-7-9-19-21(14)3)17-8-6-10-20(2)11-12-22-4;/h7,9H,5-6,8,10-13H2,1-4H3,(H2,16,17,18);1H. The molecule has 0 atom stereocenters. The van der Waals surface area contributed by atoms with Crippen molar-refractivity contribution in [1.82, 2.24) is 25.3 Å². The largest absolute Gasteiger partial charge is 0.383 e. The Labute approximate surface area is 156 Å². The van der Waals surface area contributed by atoms with E-state index in [1.54, 1.807) is 13.3 Å². The molecule has 1 aromatic heterocycles. The number of aliphatic imine (C=N–C) groups is 1. The van der Waals surface area contributed by atoms with Gasteiger partial charge in [-0.1, -0.05) is 0 Å². The van der Waals surface area contributed by atoms with Crippen LogP contribution in [-0.2, 0) is 18.3 Å². The molecule has 0 saturated heterocycles. The van der Waals surface area contributed by atoms with Gasteiger partial charge in [-0.2, -0.15) is 5.10 Å². The summed E-state index contributed by atoms with van der Waals surface area (Å²) in [7, 11) is 5.78. The number of aryl methyl sites for hydroxylation is 1. The molecule has 0 fully saturated rings. The number of likely N-dealkylation sites (N-methyl/N-ethyl adjacent to an activating group) is 1. The summed E-state index contributed by atoms with van der Waals surface area (Å²) >= 11 is 0. The van der Waals surface area contributed by atoms with Gasteiger partial charge in [0.2, 0.25) is 0 Å². The van der Waals surface area contributed by atoms with Crippen LogP contribution >= 0.6 is 24.0 Å². The first-order valence-corrected chi connectivity index (χ1v) is 7.84. The van der Waals surface area contributed by atoms with Gasteiger partial charge >= 0.3 is 0 Å².